The van der Waals surface area contributed by atoms with Gasteiger partial charge in [-0.25, -0.2) is 0 Å². The lowest BCUT2D eigenvalue weighted by atomic mass is 9.94. The highest BCUT2D eigenvalue weighted by molar-refractivity contribution is 5.26. The second-order valence-electron chi connectivity index (χ2n) is 5.72. The van der Waals surface area contributed by atoms with Crippen LogP contribution in [-0.2, 0) is 11.2 Å². The molecule has 2 atom stereocenters. The van der Waals surface area contributed by atoms with Crippen molar-refractivity contribution in [1.29, 1.82) is 0 Å². The van der Waals surface area contributed by atoms with E-state index in [1.165, 1.54) is 49.7 Å². The summed E-state index contributed by atoms with van der Waals surface area (Å²) in [6.07, 6.45) is 8.50. The SMILES string of the molecule is CCCCCCC(C)Cc1ccc(C2CO2)cc1. The van der Waals surface area contributed by atoms with Gasteiger partial charge in [-0.2, -0.15) is 0 Å². The Kier molecular flexibility index (Phi) is 5.25. The van der Waals surface area contributed by atoms with E-state index in [-0.39, 0.29) is 0 Å². The molecule has 1 aromatic carbocycles. The van der Waals surface area contributed by atoms with Crippen molar-refractivity contribution in [3.05, 3.63) is 35.4 Å². The van der Waals surface area contributed by atoms with Gasteiger partial charge < -0.3 is 4.74 Å². The van der Waals surface area contributed by atoms with Crippen molar-refractivity contribution < 1.29 is 4.74 Å². The number of unbranched alkanes of at least 4 members (excludes halogenated alkanes) is 3. The Labute approximate surface area is 112 Å². The van der Waals surface area contributed by atoms with E-state index in [0.717, 1.165) is 12.5 Å². The van der Waals surface area contributed by atoms with Gasteiger partial charge in [-0.15, -0.1) is 0 Å². The predicted molar refractivity (Wildman–Crippen MR) is 76.8 cm³/mol. The summed E-state index contributed by atoms with van der Waals surface area (Å²) >= 11 is 0. The van der Waals surface area contributed by atoms with E-state index in [1.807, 2.05) is 0 Å². The molecule has 1 nitrogen and oxygen atoms in total. The molecule has 2 rings (SSSR count). The van der Waals surface area contributed by atoms with Gasteiger partial charge in [0.1, 0.15) is 6.10 Å². The molecule has 0 bridgehead atoms. The third-order valence-corrected chi connectivity index (χ3v) is 3.82. The van der Waals surface area contributed by atoms with Gasteiger partial charge >= 0.3 is 0 Å². The summed E-state index contributed by atoms with van der Waals surface area (Å²) in [6, 6.07) is 9.02. The fourth-order valence-electron chi connectivity index (χ4n) is 2.53. The Balaban J connectivity index is 1.70. The van der Waals surface area contributed by atoms with Crippen LogP contribution in [0, 0.1) is 5.92 Å². The van der Waals surface area contributed by atoms with Crippen LogP contribution in [0.15, 0.2) is 24.3 Å². The Bertz CT molecular complexity index is 337. The maximum Gasteiger partial charge on any atom is 0.106 e. The number of hydrogen-bond acceptors (Lipinski definition) is 1. The van der Waals surface area contributed by atoms with Crippen LogP contribution >= 0.6 is 0 Å². The summed E-state index contributed by atoms with van der Waals surface area (Å²) in [4.78, 5) is 0. The standard InChI is InChI=1S/C17H26O/c1-3-4-5-6-7-14(2)12-15-8-10-16(11-9-15)17-13-18-17/h8-11,14,17H,3-7,12-13H2,1-2H3. The molecule has 100 valence electrons. The lowest BCUT2D eigenvalue weighted by Gasteiger charge is -2.11. The zero-order valence-electron chi connectivity index (χ0n) is 11.8. The number of benzene rings is 1. The van der Waals surface area contributed by atoms with Crippen LogP contribution in [-0.4, -0.2) is 6.61 Å². The van der Waals surface area contributed by atoms with Gasteiger partial charge in [0, 0.05) is 0 Å². The molecule has 1 aliphatic heterocycles. The van der Waals surface area contributed by atoms with Gasteiger partial charge in [0.25, 0.3) is 0 Å². The van der Waals surface area contributed by atoms with Crippen LogP contribution in [0.25, 0.3) is 0 Å². The van der Waals surface area contributed by atoms with Crippen molar-refractivity contribution in [1.82, 2.24) is 0 Å². The maximum atomic E-state index is 5.29. The highest BCUT2D eigenvalue weighted by atomic mass is 16.6. The monoisotopic (exact) mass is 246 g/mol. The highest BCUT2D eigenvalue weighted by Crippen LogP contribution is 2.29. The molecular formula is C17H26O. The van der Waals surface area contributed by atoms with Crippen molar-refractivity contribution in [3.63, 3.8) is 0 Å². The molecule has 0 aromatic heterocycles. The summed E-state index contributed by atoms with van der Waals surface area (Å²) in [5.74, 6) is 0.810. The summed E-state index contributed by atoms with van der Waals surface area (Å²) in [7, 11) is 0. The molecule has 18 heavy (non-hydrogen) atoms. The first-order valence-electron chi connectivity index (χ1n) is 7.50. The predicted octanol–water partition coefficient (Wildman–Crippen LogP) is 4.91. The molecule has 0 amide bonds. The normalized spacial score (nSPS) is 19.8. The van der Waals surface area contributed by atoms with Crippen LogP contribution in [0.3, 0.4) is 0 Å². The summed E-state index contributed by atoms with van der Waals surface area (Å²) in [5, 5.41) is 0. The summed E-state index contributed by atoms with van der Waals surface area (Å²) in [5.41, 5.74) is 2.82. The van der Waals surface area contributed by atoms with Crippen LogP contribution in [0.1, 0.15) is 63.2 Å². The Hall–Kier alpha value is -0.820. The average Bonchev–Trinajstić information content (AvgIpc) is 3.20. The zero-order valence-corrected chi connectivity index (χ0v) is 11.8. The van der Waals surface area contributed by atoms with Crippen molar-refractivity contribution >= 4 is 0 Å². The molecule has 0 aliphatic carbocycles. The molecule has 0 saturated carbocycles. The molecule has 0 radical (unpaired) electrons. The molecule has 1 fully saturated rings. The second kappa shape index (κ2) is 6.94. The molecule has 1 saturated heterocycles. The van der Waals surface area contributed by atoms with Crippen LogP contribution < -0.4 is 0 Å². The van der Waals surface area contributed by atoms with Gasteiger partial charge in [0.2, 0.25) is 0 Å². The van der Waals surface area contributed by atoms with E-state index in [0.29, 0.717) is 6.10 Å². The molecule has 1 heteroatoms. The minimum Gasteiger partial charge on any atom is -0.368 e. The highest BCUT2D eigenvalue weighted by Gasteiger charge is 2.24. The Morgan fingerprint density at radius 1 is 1.17 bits per heavy atom. The van der Waals surface area contributed by atoms with Gasteiger partial charge in [-0.05, 0) is 23.5 Å². The van der Waals surface area contributed by atoms with E-state index < -0.39 is 0 Å². The fraction of sp³-hybridized carbons (Fsp3) is 0.647. The van der Waals surface area contributed by atoms with Crippen molar-refractivity contribution in [2.45, 2.75) is 58.5 Å². The molecular weight excluding hydrogens is 220 g/mol. The van der Waals surface area contributed by atoms with Crippen LogP contribution in [0.5, 0.6) is 0 Å². The van der Waals surface area contributed by atoms with Crippen molar-refractivity contribution in [3.8, 4) is 0 Å². The first kappa shape index (κ1) is 13.6. The summed E-state index contributed by atoms with van der Waals surface area (Å²) < 4.78 is 5.29. The van der Waals surface area contributed by atoms with Gasteiger partial charge in [-0.3, -0.25) is 0 Å². The summed E-state index contributed by atoms with van der Waals surface area (Å²) in [6.45, 7) is 5.56. The quantitative estimate of drug-likeness (QED) is 0.469. The molecule has 1 aliphatic rings. The molecule has 1 heterocycles. The maximum absolute atomic E-state index is 5.29. The molecule has 0 N–H and O–H groups in total. The zero-order chi connectivity index (χ0) is 12.8. The van der Waals surface area contributed by atoms with E-state index >= 15 is 0 Å². The first-order chi connectivity index (χ1) is 8.79. The smallest absolute Gasteiger partial charge is 0.106 e. The average molecular weight is 246 g/mol. The van der Waals surface area contributed by atoms with Crippen LogP contribution in [0.2, 0.25) is 0 Å². The van der Waals surface area contributed by atoms with Crippen LogP contribution in [0.4, 0.5) is 0 Å². The fourth-order valence-corrected chi connectivity index (χ4v) is 2.53. The third-order valence-electron chi connectivity index (χ3n) is 3.82. The van der Waals surface area contributed by atoms with E-state index in [1.54, 1.807) is 0 Å². The molecule has 0 spiro atoms. The Morgan fingerprint density at radius 3 is 2.50 bits per heavy atom. The first-order valence-corrected chi connectivity index (χ1v) is 7.50. The van der Waals surface area contributed by atoms with Gasteiger partial charge in [0.15, 0.2) is 0 Å². The van der Waals surface area contributed by atoms with E-state index in [9.17, 15) is 0 Å². The molecule has 2 unspecified atom stereocenters. The minimum atomic E-state index is 0.394. The van der Waals surface area contributed by atoms with Gasteiger partial charge in [0.05, 0.1) is 6.61 Å². The van der Waals surface area contributed by atoms with E-state index in [2.05, 4.69) is 38.1 Å². The van der Waals surface area contributed by atoms with Crippen molar-refractivity contribution in [2.75, 3.05) is 6.61 Å². The number of epoxide rings is 1. The Morgan fingerprint density at radius 2 is 1.89 bits per heavy atom. The number of ether oxygens (including phenoxy) is 1. The number of rotatable bonds is 8. The third kappa shape index (κ3) is 4.45. The second-order valence-corrected chi connectivity index (χ2v) is 5.72. The lowest BCUT2D eigenvalue weighted by Crippen LogP contribution is -2.00. The minimum absolute atomic E-state index is 0.394. The van der Waals surface area contributed by atoms with Crippen molar-refractivity contribution in [2.24, 2.45) is 5.92 Å². The topological polar surface area (TPSA) is 12.5 Å². The van der Waals surface area contributed by atoms with E-state index in [4.69, 9.17) is 4.74 Å². The molecule has 1 aromatic rings. The number of hydrogen-bond donors (Lipinski definition) is 0. The largest absolute Gasteiger partial charge is 0.368 e. The lowest BCUT2D eigenvalue weighted by molar-refractivity contribution is 0.415. The van der Waals surface area contributed by atoms with Gasteiger partial charge in [-0.1, -0.05) is 70.2 Å².